The van der Waals surface area contributed by atoms with E-state index in [1.165, 1.54) is 18.4 Å². The summed E-state index contributed by atoms with van der Waals surface area (Å²) in [5.41, 5.74) is 1.27. The van der Waals surface area contributed by atoms with Crippen LogP contribution in [0.3, 0.4) is 0 Å². The van der Waals surface area contributed by atoms with Crippen molar-refractivity contribution >= 4 is 31.9 Å². The van der Waals surface area contributed by atoms with E-state index >= 15 is 0 Å². The highest BCUT2D eigenvalue weighted by atomic mass is 79.9. The highest BCUT2D eigenvalue weighted by molar-refractivity contribution is 9.11. The normalized spacial score (nSPS) is 21.6. The summed E-state index contributed by atoms with van der Waals surface area (Å²) in [5.74, 6) is 3.25. The standard InChI is InChI=1S/C15H18Br2O2/c1-9(10-3-4-10)15(17)11-7-13-14(8-12(11)16)19-6-2-5-18-13/h7-10,15H,2-6H2,1H3. The zero-order valence-electron chi connectivity index (χ0n) is 11.0. The first-order valence-corrected chi connectivity index (χ1v) is 8.61. The van der Waals surface area contributed by atoms with Crippen molar-refractivity contribution in [1.29, 1.82) is 0 Å². The lowest BCUT2D eigenvalue weighted by atomic mass is 9.96. The second-order valence-corrected chi connectivity index (χ2v) is 7.31. The highest BCUT2D eigenvalue weighted by Gasteiger charge is 2.34. The fourth-order valence-corrected chi connectivity index (χ4v) is 4.24. The SMILES string of the molecule is CC(C1CC1)C(Br)c1cc2c(cc1Br)OCCCO2. The van der Waals surface area contributed by atoms with Gasteiger partial charge in [-0.05, 0) is 42.4 Å². The molecule has 2 aliphatic rings. The molecule has 0 N–H and O–H groups in total. The van der Waals surface area contributed by atoms with Crippen LogP contribution in [-0.4, -0.2) is 13.2 Å². The van der Waals surface area contributed by atoms with Gasteiger partial charge in [0.25, 0.3) is 0 Å². The van der Waals surface area contributed by atoms with Crippen LogP contribution in [0.5, 0.6) is 11.5 Å². The van der Waals surface area contributed by atoms with Crippen molar-refractivity contribution < 1.29 is 9.47 Å². The van der Waals surface area contributed by atoms with Crippen LogP contribution in [0.15, 0.2) is 16.6 Å². The molecule has 1 aliphatic heterocycles. The van der Waals surface area contributed by atoms with Crippen molar-refractivity contribution in [3.05, 3.63) is 22.2 Å². The number of halogens is 2. The highest BCUT2D eigenvalue weighted by Crippen LogP contribution is 2.49. The number of hydrogen-bond donors (Lipinski definition) is 0. The Morgan fingerprint density at radius 1 is 1.16 bits per heavy atom. The molecule has 1 aromatic carbocycles. The summed E-state index contributed by atoms with van der Waals surface area (Å²) >= 11 is 7.54. The van der Waals surface area contributed by atoms with E-state index in [0.717, 1.165) is 41.5 Å². The van der Waals surface area contributed by atoms with Crippen LogP contribution in [0.25, 0.3) is 0 Å². The number of hydrogen-bond acceptors (Lipinski definition) is 2. The van der Waals surface area contributed by atoms with Crippen LogP contribution < -0.4 is 9.47 Å². The summed E-state index contributed by atoms with van der Waals surface area (Å²) in [6, 6.07) is 4.17. The minimum atomic E-state index is 0.367. The average molecular weight is 390 g/mol. The third kappa shape index (κ3) is 2.94. The molecule has 0 aromatic heterocycles. The van der Waals surface area contributed by atoms with Crippen molar-refractivity contribution in [3.8, 4) is 11.5 Å². The van der Waals surface area contributed by atoms with E-state index in [1.54, 1.807) is 0 Å². The van der Waals surface area contributed by atoms with Gasteiger partial charge < -0.3 is 9.47 Å². The van der Waals surface area contributed by atoms with Gasteiger partial charge in [-0.15, -0.1) is 0 Å². The first-order valence-electron chi connectivity index (χ1n) is 6.90. The van der Waals surface area contributed by atoms with Gasteiger partial charge in [0, 0.05) is 15.7 Å². The van der Waals surface area contributed by atoms with Crippen LogP contribution in [0.1, 0.15) is 36.6 Å². The van der Waals surface area contributed by atoms with Crippen LogP contribution in [-0.2, 0) is 0 Å². The molecule has 2 unspecified atom stereocenters. The zero-order valence-corrected chi connectivity index (χ0v) is 14.2. The van der Waals surface area contributed by atoms with Gasteiger partial charge in [-0.1, -0.05) is 38.8 Å². The summed E-state index contributed by atoms with van der Waals surface area (Å²) in [7, 11) is 0. The van der Waals surface area contributed by atoms with Gasteiger partial charge >= 0.3 is 0 Å². The zero-order chi connectivity index (χ0) is 13.4. The molecule has 19 heavy (non-hydrogen) atoms. The minimum absolute atomic E-state index is 0.367. The molecule has 1 aromatic rings. The van der Waals surface area contributed by atoms with E-state index in [2.05, 4.69) is 44.8 Å². The fourth-order valence-electron chi connectivity index (χ4n) is 2.56. The van der Waals surface area contributed by atoms with Gasteiger partial charge in [-0.2, -0.15) is 0 Å². The fraction of sp³-hybridized carbons (Fsp3) is 0.600. The summed E-state index contributed by atoms with van der Waals surface area (Å²) in [4.78, 5) is 0.367. The van der Waals surface area contributed by atoms with Gasteiger partial charge in [0.2, 0.25) is 0 Å². The van der Waals surface area contributed by atoms with Crippen molar-refractivity contribution in [1.82, 2.24) is 0 Å². The molecule has 0 radical (unpaired) electrons. The van der Waals surface area contributed by atoms with Gasteiger partial charge in [-0.3, -0.25) is 0 Å². The van der Waals surface area contributed by atoms with Gasteiger partial charge in [0.15, 0.2) is 11.5 Å². The van der Waals surface area contributed by atoms with E-state index in [4.69, 9.17) is 9.47 Å². The monoisotopic (exact) mass is 388 g/mol. The predicted octanol–water partition coefficient (Wildman–Crippen LogP) is 5.09. The van der Waals surface area contributed by atoms with E-state index in [0.29, 0.717) is 10.7 Å². The Balaban J connectivity index is 1.90. The van der Waals surface area contributed by atoms with Gasteiger partial charge in [-0.25, -0.2) is 0 Å². The second-order valence-electron chi connectivity index (χ2n) is 5.47. The molecule has 3 rings (SSSR count). The molecule has 1 aliphatic carbocycles. The molecule has 0 spiro atoms. The lowest BCUT2D eigenvalue weighted by Crippen LogP contribution is -2.07. The molecule has 2 atom stereocenters. The molecular weight excluding hydrogens is 372 g/mol. The number of alkyl halides is 1. The number of benzene rings is 1. The lowest BCUT2D eigenvalue weighted by molar-refractivity contribution is 0.297. The van der Waals surface area contributed by atoms with Crippen molar-refractivity contribution in [2.75, 3.05) is 13.2 Å². The summed E-state index contributed by atoms with van der Waals surface area (Å²) in [5, 5.41) is 0. The third-order valence-electron chi connectivity index (χ3n) is 3.99. The molecule has 4 heteroatoms. The van der Waals surface area contributed by atoms with Crippen molar-refractivity contribution in [3.63, 3.8) is 0 Å². The summed E-state index contributed by atoms with van der Waals surface area (Å²) in [6.45, 7) is 3.79. The largest absolute Gasteiger partial charge is 0.490 e. The molecular formula is C15H18Br2O2. The Hall–Kier alpha value is -0.220. The summed E-state index contributed by atoms with van der Waals surface area (Å²) in [6.07, 6.45) is 3.68. The minimum Gasteiger partial charge on any atom is -0.490 e. The Kier molecular flexibility index (Phi) is 4.08. The van der Waals surface area contributed by atoms with E-state index in [9.17, 15) is 0 Å². The van der Waals surface area contributed by atoms with Gasteiger partial charge in [0.05, 0.1) is 13.2 Å². The first-order chi connectivity index (χ1) is 9.16. The number of rotatable bonds is 3. The maximum atomic E-state index is 5.78. The van der Waals surface area contributed by atoms with Gasteiger partial charge in [0.1, 0.15) is 0 Å². The Bertz CT molecular complexity index is 471. The van der Waals surface area contributed by atoms with Crippen molar-refractivity contribution in [2.45, 2.75) is 31.0 Å². The molecule has 1 heterocycles. The van der Waals surface area contributed by atoms with Crippen LogP contribution in [0.2, 0.25) is 0 Å². The topological polar surface area (TPSA) is 18.5 Å². The van der Waals surface area contributed by atoms with Crippen LogP contribution >= 0.6 is 31.9 Å². The first kappa shape index (κ1) is 13.7. The quantitative estimate of drug-likeness (QED) is 0.670. The molecule has 0 amide bonds. The van der Waals surface area contributed by atoms with Crippen LogP contribution in [0.4, 0.5) is 0 Å². The predicted molar refractivity (Wildman–Crippen MR) is 83.3 cm³/mol. The molecule has 1 saturated carbocycles. The van der Waals surface area contributed by atoms with Crippen LogP contribution in [0, 0.1) is 11.8 Å². The second kappa shape index (κ2) is 5.65. The average Bonchev–Trinajstić information content (AvgIpc) is 3.23. The molecule has 2 nitrogen and oxygen atoms in total. The van der Waals surface area contributed by atoms with Crippen molar-refractivity contribution in [2.24, 2.45) is 11.8 Å². The van der Waals surface area contributed by atoms with E-state index in [-0.39, 0.29) is 0 Å². The molecule has 1 fully saturated rings. The third-order valence-corrected chi connectivity index (χ3v) is 6.01. The molecule has 0 saturated heterocycles. The number of ether oxygens (including phenoxy) is 2. The van der Waals surface area contributed by atoms with E-state index in [1.807, 2.05) is 6.07 Å². The maximum Gasteiger partial charge on any atom is 0.162 e. The molecule has 0 bridgehead atoms. The Labute approximate surface area is 131 Å². The van der Waals surface area contributed by atoms with E-state index < -0.39 is 0 Å². The molecule has 104 valence electrons. The smallest absolute Gasteiger partial charge is 0.162 e. The summed E-state index contributed by atoms with van der Waals surface area (Å²) < 4.78 is 12.6. The lowest BCUT2D eigenvalue weighted by Gasteiger charge is -2.21. The Morgan fingerprint density at radius 3 is 2.42 bits per heavy atom. The Morgan fingerprint density at radius 2 is 1.79 bits per heavy atom. The maximum absolute atomic E-state index is 5.78. The number of fused-ring (bicyclic) bond motifs is 1.